The van der Waals surface area contributed by atoms with Gasteiger partial charge in [0.25, 0.3) is 0 Å². The second kappa shape index (κ2) is 6.40. The average molecular weight is 166 g/mol. The Morgan fingerprint density at radius 1 is 1.58 bits per heavy atom. The summed E-state index contributed by atoms with van der Waals surface area (Å²) in [4.78, 5) is 10.9. The molecule has 0 aliphatic heterocycles. The van der Waals surface area contributed by atoms with E-state index in [-0.39, 0.29) is 12.4 Å². The molecule has 2 heteroatoms. The molecular weight excluding hydrogens is 152 g/mol. The van der Waals surface area contributed by atoms with Crippen molar-refractivity contribution in [2.24, 2.45) is 0 Å². The summed E-state index contributed by atoms with van der Waals surface area (Å²) < 4.78 is 4.73. The van der Waals surface area contributed by atoms with E-state index in [1.54, 1.807) is 25.2 Å². The quantitative estimate of drug-likeness (QED) is 0.462. The molecule has 2 nitrogen and oxygen atoms in total. The van der Waals surface area contributed by atoms with E-state index in [0.717, 1.165) is 5.57 Å². The monoisotopic (exact) mass is 166 g/mol. The van der Waals surface area contributed by atoms with Gasteiger partial charge < -0.3 is 4.74 Å². The third-order valence-corrected chi connectivity index (χ3v) is 1.14. The molecule has 0 aromatic heterocycles. The van der Waals surface area contributed by atoms with Gasteiger partial charge in [0.2, 0.25) is 0 Å². The second-order valence-electron chi connectivity index (χ2n) is 2.23. The van der Waals surface area contributed by atoms with Crippen LogP contribution in [0.4, 0.5) is 0 Å². The molecule has 12 heavy (non-hydrogen) atoms. The lowest BCUT2D eigenvalue weighted by Gasteiger charge is -1.99. The predicted octanol–water partition coefficient (Wildman–Crippen LogP) is 2.24. The third-order valence-electron chi connectivity index (χ3n) is 1.14. The first-order valence-electron chi connectivity index (χ1n) is 3.83. The van der Waals surface area contributed by atoms with Gasteiger partial charge in [0.1, 0.15) is 0 Å². The molecule has 0 unspecified atom stereocenters. The van der Waals surface area contributed by atoms with Gasteiger partial charge >= 0.3 is 5.97 Å². The highest BCUT2D eigenvalue weighted by molar-refractivity contribution is 5.73. The van der Waals surface area contributed by atoms with E-state index in [1.165, 1.54) is 0 Å². The van der Waals surface area contributed by atoms with E-state index in [1.807, 2.05) is 0 Å². The summed E-state index contributed by atoms with van der Waals surface area (Å²) in [5.41, 5.74) is 0.730. The third kappa shape index (κ3) is 5.47. The summed E-state index contributed by atoms with van der Waals surface area (Å²) in [7, 11) is 0. The Morgan fingerprint density at radius 3 is 2.75 bits per heavy atom. The van der Waals surface area contributed by atoms with E-state index in [2.05, 4.69) is 13.2 Å². The molecule has 0 spiro atoms. The summed E-state index contributed by atoms with van der Waals surface area (Å²) in [6.07, 6.45) is 5.36. The van der Waals surface area contributed by atoms with Crippen molar-refractivity contribution < 1.29 is 9.53 Å². The van der Waals surface area contributed by atoms with Crippen LogP contribution in [0.1, 0.15) is 13.3 Å². The average Bonchev–Trinajstić information content (AvgIpc) is 2.01. The maximum atomic E-state index is 10.9. The molecule has 0 fully saturated rings. The number of hydrogen-bond acceptors (Lipinski definition) is 2. The smallest absolute Gasteiger partial charge is 0.310 e. The van der Waals surface area contributed by atoms with Crippen molar-refractivity contribution in [1.29, 1.82) is 0 Å². The van der Waals surface area contributed by atoms with Crippen LogP contribution in [0, 0.1) is 0 Å². The van der Waals surface area contributed by atoms with Gasteiger partial charge in [-0.1, -0.05) is 31.4 Å². The Kier molecular flexibility index (Phi) is 5.70. The van der Waals surface area contributed by atoms with Gasteiger partial charge in [0.15, 0.2) is 0 Å². The van der Waals surface area contributed by atoms with Crippen LogP contribution in [0.25, 0.3) is 0 Å². The highest BCUT2D eigenvalue weighted by Crippen LogP contribution is 2.01. The number of carbonyl (C=O) groups excluding carboxylic acids is 1. The molecule has 0 heterocycles. The zero-order valence-corrected chi connectivity index (χ0v) is 7.38. The van der Waals surface area contributed by atoms with Crippen LogP contribution in [-0.4, -0.2) is 12.6 Å². The zero-order chi connectivity index (χ0) is 9.40. The molecule has 0 bridgehead atoms. The number of esters is 1. The highest BCUT2D eigenvalue weighted by atomic mass is 16.5. The van der Waals surface area contributed by atoms with Crippen molar-refractivity contribution in [1.82, 2.24) is 0 Å². The van der Waals surface area contributed by atoms with Gasteiger partial charge in [-0.25, -0.2) is 0 Å². The second-order valence-corrected chi connectivity index (χ2v) is 2.23. The summed E-state index contributed by atoms with van der Waals surface area (Å²) in [5.74, 6) is -0.240. The van der Waals surface area contributed by atoms with Crippen molar-refractivity contribution in [3.8, 4) is 0 Å². The minimum atomic E-state index is -0.240. The fourth-order valence-corrected chi connectivity index (χ4v) is 0.660. The van der Waals surface area contributed by atoms with Crippen molar-refractivity contribution in [2.75, 3.05) is 6.61 Å². The van der Waals surface area contributed by atoms with Crippen molar-refractivity contribution in [2.45, 2.75) is 13.3 Å². The number of hydrogen-bond donors (Lipinski definition) is 0. The largest absolute Gasteiger partial charge is 0.466 e. The lowest BCUT2D eigenvalue weighted by molar-refractivity contribution is -0.142. The van der Waals surface area contributed by atoms with Gasteiger partial charge in [0, 0.05) is 0 Å². The van der Waals surface area contributed by atoms with Gasteiger partial charge in [-0.3, -0.25) is 4.79 Å². The van der Waals surface area contributed by atoms with Crippen molar-refractivity contribution >= 4 is 5.97 Å². The molecule has 0 N–H and O–H groups in total. The van der Waals surface area contributed by atoms with Crippen LogP contribution in [0.5, 0.6) is 0 Å². The van der Waals surface area contributed by atoms with Gasteiger partial charge in [0.05, 0.1) is 13.0 Å². The molecule has 0 saturated heterocycles. The Hall–Kier alpha value is -1.31. The van der Waals surface area contributed by atoms with Gasteiger partial charge in [-0.15, -0.1) is 0 Å². The Bertz CT molecular complexity index is 202. The molecule has 0 aromatic carbocycles. The molecule has 0 radical (unpaired) electrons. The Balaban J connectivity index is 3.76. The molecule has 0 aliphatic carbocycles. The summed E-state index contributed by atoms with van der Waals surface area (Å²) in [6, 6.07) is 0. The van der Waals surface area contributed by atoms with E-state index in [4.69, 9.17) is 4.74 Å². The summed E-state index contributed by atoms with van der Waals surface area (Å²) in [5, 5.41) is 0. The summed E-state index contributed by atoms with van der Waals surface area (Å²) >= 11 is 0. The van der Waals surface area contributed by atoms with Crippen LogP contribution in [0.15, 0.2) is 37.0 Å². The van der Waals surface area contributed by atoms with E-state index in [9.17, 15) is 4.79 Å². The van der Waals surface area contributed by atoms with Crippen LogP contribution >= 0.6 is 0 Å². The van der Waals surface area contributed by atoms with E-state index in [0.29, 0.717) is 6.61 Å². The number of allylic oxidation sites excluding steroid dienone is 3. The fourth-order valence-electron chi connectivity index (χ4n) is 0.660. The predicted molar refractivity (Wildman–Crippen MR) is 49.7 cm³/mol. The standard InChI is InChI=1S/C10H14O2/c1-4-6-7-9(3)8-10(11)12-5-2/h4,6-7H,1,3,5,8H2,2H3/b7-6-. The number of ether oxygens (including phenoxy) is 1. The first-order valence-corrected chi connectivity index (χ1v) is 3.83. The fraction of sp³-hybridized carbons (Fsp3) is 0.300. The topological polar surface area (TPSA) is 26.3 Å². The molecule has 0 saturated carbocycles. The lowest BCUT2D eigenvalue weighted by atomic mass is 10.2. The zero-order valence-electron chi connectivity index (χ0n) is 7.38. The normalized spacial score (nSPS) is 9.75. The molecule has 0 aliphatic rings. The van der Waals surface area contributed by atoms with Crippen LogP contribution < -0.4 is 0 Å². The maximum absolute atomic E-state index is 10.9. The lowest BCUT2D eigenvalue weighted by Crippen LogP contribution is -2.03. The number of rotatable bonds is 5. The van der Waals surface area contributed by atoms with Crippen molar-refractivity contribution in [3.63, 3.8) is 0 Å². The SMILES string of the molecule is C=C/C=C\C(=C)CC(=O)OCC. The van der Waals surface area contributed by atoms with Crippen LogP contribution in [0.3, 0.4) is 0 Å². The molecule has 0 atom stereocenters. The molecule has 0 aromatic rings. The van der Waals surface area contributed by atoms with E-state index < -0.39 is 0 Å². The first kappa shape index (κ1) is 10.7. The minimum Gasteiger partial charge on any atom is -0.466 e. The Morgan fingerprint density at radius 2 is 2.25 bits per heavy atom. The van der Waals surface area contributed by atoms with Crippen LogP contribution in [0.2, 0.25) is 0 Å². The summed E-state index contributed by atoms with van der Waals surface area (Å²) in [6.45, 7) is 9.38. The molecule has 0 rings (SSSR count). The minimum absolute atomic E-state index is 0.240. The van der Waals surface area contributed by atoms with E-state index >= 15 is 0 Å². The van der Waals surface area contributed by atoms with Crippen LogP contribution in [-0.2, 0) is 9.53 Å². The molecular formula is C10H14O2. The van der Waals surface area contributed by atoms with Gasteiger partial charge in [-0.05, 0) is 12.5 Å². The molecule has 66 valence electrons. The number of carbonyl (C=O) groups is 1. The highest BCUT2D eigenvalue weighted by Gasteiger charge is 2.00. The Labute approximate surface area is 73.2 Å². The van der Waals surface area contributed by atoms with Gasteiger partial charge in [-0.2, -0.15) is 0 Å². The first-order chi connectivity index (χ1) is 5.70. The maximum Gasteiger partial charge on any atom is 0.310 e. The van der Waals surface area contributed by atoms with Crippen molar-refractivity contribution in [3.05, 3.63) is 37.0 Å². The molecule has 0 amide bonds.